The van der Waals surface area contributed by atoms with Crippen molar-refractivity contribution < 1.29 is 39.5 Å². The first-order valence-corrected chi connectivity index (χ1v) is 10.4. The lowest BCUT2D eigenvalue weighted by Crippen LogP contribution is -2.56. The van der Waals surface area contributed by atoms with E-state index in [2.05, 4.69) is 5.32 Å². The highest BCUT2D eigenvalue weighted by atomic mass is 32.2. The van der Waals surface area contributed by atoms with Crippen molar-refractivity contribution >= 4 is 29.5 Å². The van der Waals surface area contributed by atoms with Gasteiger partial charge in [-0.25, -0.2) is 4.79 Å². The molecule has 0 radical (unpaired) electrons. The zero-order valence-corrected chi connectivity index (χ0v) is 16.9. The topological polar surface area (TPSA) is 157 Å². The van der Waals surface area contributed by atoms with Gasteiger partial charge in [0.1, 0.15) is 35.8 Å². The molecule has 2 fully saturated rings. The average molecular weight is 440 g/mol. The molecule has 11 heteroatoms. The van der Waals surface area contributed by atoms with Crippen LogP contribution in [0.1, 0.15) is 5.56 Å². The van der Waals surface area contributed by atoms with Crippen molar-refractivity contribution in [2.45, 2.75) is 48.3 Å². The minimum Gasteiger partial charge on any atom is -0.467 e. The van der Waals surface area contributed by atoms with Crippen molar-refractivity contribution in [1.82, 2.24) is 10.2 Å². The molecule has 2 heterocycles. The molecule has 1 aromatic rings. The standard InChI is InChI=1S/C19H24N2O8S/c1-29-19(28)10(7-9-5-3-2-4-6-9)20-16(26)11-8-30-18-15(25)13(23)12(22)14(24)17(27)21(11)18/h2-6,10-15,18,22-25H,7-8H2,1H3,(H,20,26)/t10-,11-,12-,13-,14-,15+,18+/m0/s1. The van der Waals surface area contributed by atoms with E-state index in [1.54, 1.807) is 24.3 Å². The Bertz CT molecular complexity index is 794. The summed E-state index contributed by atoms with van der Waals surface area (Å²) in [5, 5.41) is 41.7. The van der Waals surface area contributed by atoms with Crippen molar-refractivity contribution in [3.8, 4) is 0 Å². The van der Waals surface area contributed by atoms with Crippen molar-refractivity contribution in [1.29, 1.82) is 0 Å². The number of esters is 1. The fourth-order valence-corrected chi connectivity index (χ4v) is 5.04. The maximum Gasteiger partial charge on any atom is 0.328 e. The Labute approximate surface area is 176 Å². The molecule has 0 aromatic heterocycles. The number of methoxy groups -OCH3 is 1. The maximum atomic E-state index is 12.9. The molecule has 0 saturated carbocycles. The quantitative estimate of drug-likeness (QED) is 0.315. The third-order valence-electron chi connectivity index (χ3n) is 5.25. The molecule has 164 valence electrons. The molecule has 2 amide bonds. The SMILES string of the molecule is COC(=O)[C@H](Cc1ccccc1)NC(=O)[C@@H]1CS[C@@H]2[C@H](O)[C@@H](O)[C@H](O)[C@H](O)C(=O)N21. The summed E-state index contributed by atoms with van der Waals surface area (Å²) in [4.78, 5) is 38.7. The van der Waals surface area contributed by atoms with Gasteiger partial charge >= 0.3 is 5.97 Å². The first-order chi connectivity index (χ1) is 14.3. The number of fused-ring (bicyclic) bond motifs is 1. The van der Waals surface area contributed by atoms with Crippen molar-refractivity contribution in [3.63, 3.8) is 0 Å². The largest absolute Gasteiger partial charge is 0.467 e. The summed E-state index contributed by atoms with van der Waals surface area (Å²) < 4.78 is 4.77. The summed E-state index contributed by atoms with van der Waals surface area (Å²) in [7, 11) is 1.20. The van der Waals surface area contributed by atoms with E-state index in [4.69, 9.17) is 4.74 Å². The van der Waals surface area contributed by atoms with Crippen LogP contribution in [0.4, 0.5) is 0 Å². The first kappa shape index (κ1) is 22.5. The summed E-state index contributed by atoms with van der Waals surface area (Å²) in [5.74, 6) is -2.24. The van der Waals surface area contributed by atoms with Gasteiger partial charge in [-0.1, -0.05) is 30.3 Å². The first-order valence-electron chi connectivity index (χ1n) is 9.34. The molecular weight excluding hydrogens is 416 g/mol. The van der Waals surface area contributed by atoms with Gasteiger partial charge in [0.2, 0.25) is 5.91 Å². The van der Waals surface area contributed by atoms with E-state index in [0.717, 1.165) is 22.2 Å². The van der Waals surface area contributed by atoms with E-state index < -0.39 is 59.7 Å². The van der Waals surface area contributed by atoms with Crippen LogP contribution in [0, 0.1) is 0 Å². The van der Waals surface area contributed by atoms with E-state index in [-0.39, 0.29) is 12.2 Å². The van der Waals surface area contributed by atoms with Crippen molar-refractivity contribution in [2.75, 3.05) is 12.9 Å². The molecule has 1 aromatic carbocycles. The molecule has 10 nitrogen and oxygen atoms in total. The number of benzene rings is 1. The van der Waals surface area contributed by atoms with E-state index in [1.165, 1.54) is 7.11 Å². The molecular formula is C19H24N2O8S. The summed E-state index contributed by atoms with van der Waals surface area (Å²) >= 11 is 1.04. The van der Waals surface area contributed by atoms with Crippen LogP contribution in [0.25, 0.3) is 0 Å². The number of hydrogen-bond acceptors (Lipinski definition) is 9. The Morgan fingerprint density at radius 2 is 1.83 bits per heavy atom. The van der Waals surface area contributed by atoms with Gasteiger partial charge in [-0.05, 0) is 5.56 Å². The molecule has 0 aliphatic carbocycles. The second-order valence-electron chi connectivity index (χ2n) is 7.18. The second kappa shape index (κ2) is 9.31. The Kier molecular flexibility index (Phi) is 6.98. The molecule has 0 bridgehead atoms. The van der Waals surface area contributed by atoms with Crippen LogP contribution in [0.2, 0.25) is 0 Å². The van der Waals surface area contributed by atoms with Crippen LogP contribution in [0.15, 0.2) is 30.3 Å². The molecule has 30 heavy (non-hydrogen) atoms. The van der Waals surface area contributed by atoms with Crippen LogP contribution < -0.4 is 5.32 Å². The number of carbonyl (C=O) groups is 3. The summed E-state index contributed by atoms with van der Waals surface area (Å²) in [6.07, 6.45) is -7.03. The summed E-state index contributed by atoms with van der Waals surface area (Å²) in [5.41, 5.74) is 0.787. The zero-order chi connectivity index (χ0) is 22.0. The smallest absolute Gasteiger partial charge is 0.328 e. The van der Waals surface area contributed by atoms with Crippen LogP contribution in [-0.2, 0) is 25.5 Å². The maximum absolute atomic E-state index is 12.9. The average Bonchev–Trinajstić information content (AvgIpc) is 3.19. The fraction of sp³-hybridized carbons (Fsp3) is 0.526. The highest BCUT2D eigenvalue weighted by molar-refractivity contribution is 8.00. The molecule has 0 spiro atoms. The van der Waals surface area contributed by atoms with E-state index >= 15 is 0 Å². The normalized spacial score (nSPS) is 32.2. The van der Waals surface area contributed by atoms with Crippen LogP contribution in [0.3, 0.4) is 0 Å². The van der Waals surface area contributed by atoms with Crippen molar-refractivity contribution in [2.24, 2.45) is 0 Å². The summed E-state index contributed by atoms with van der Waals surface area (Å²) in [6.45, 7) is 0. The Morgan fingerprint density at radius 3 is 2.47 bits per heavy atom. The number of ether oxygens (including phenoxy) is 1. The van der Waals surface area contributed by atoms with E-state index in [9.17, 15) is 34.8 Å². The number of hydrogen-bond donors (Lipinski definition) is 5. The van der Waals surface area contributed by atoms with Gasteiger partial charge in [0.25, 0.3) is 5.91 Å². The number of carbonyl (C=O) groups excluding carboxylic acids is 3. The predicted molar refractivity (Wildman–Crippen MR) is 105 cm³/mol. The molecule has 3 rings (SSSR count). The van der Waals surface area contributed by atoms with E-state index in [1.807, 2.05) is 6.07 Å². The molecule has 5 N–H and O–H groups in total. The fourth-order valence-electron chi connectivity index (χ4n) is 3.58. The lowest BCUT2D eigenvalue weighted by Gasteiger charge is -2.30. The number of nitrogens with zero attached hydrogens (tertiary/aromatic N) is 1. The third-order valence-corrected chi connectivity index (χ3v) is 6.60. The van der Waals surface area contributed by atoms with Gasteiger partial charge < -0.3 is 35.4 Å². The van der Waals surface area contributed by atoms with Gasteiger partial charge in [0, 0.05) is 12.2 Å². The van der Waals surface area contributed by atoms with Crippen LogP contribution >= 0.6 is 11.8 Å². The lowest BCUT2D eigenvalue weighted by molar-refractivity contribution is -0.152. The molecule has 2 aliphatic heterocycles. The van der Waals surface area contributed by atoms with Gasteiger partial charge in [0.05, 0.1) is 7.11 Å². The molecule has 2 aliphatic rings. The van der Waals surface area contributed by atoms with Gasteiger partial charge in [-0.15, -0.1) is 11.8 Å². The van der Waals surface area contributed by atoms with E-state index in [0.29, 0.717) is 0 Å². The van der Waals surface area contributed by atoms with Gasteiger partial charge in [-0.3, -0.25) is 9.59 Å². The zero-order valence-electron chi connectivity index (χ0n) is 16.1. The highest BCUT2D eigenvalue weighted by Gasteiger charge is 2.54. The Hall–Kier alpha value is -2.18. The monoisotopic (exact) mass is 440 g/mol. The minimum absolute atomic E-state index is 0.0774. The number of aliphatic hydroxyl groups excluding tert-OH is 4. The lowest BCUT2D eigenvalue weighted by atomic mass is 10.1. The number of nitrogens with one attached hydrogen (secondary N) is 1. The number of amides is 2. The second-order valence-corrected chi connectivity index (χ2v) is 8.33. The van der Waals surface area contributed by atoms with Crippen LogP contribution in [0.5, 0.6) is 0 Å². The molecule has 7 atom stereocenters. The minimum atomic E-state index is -1.99. The Morgan fingerprint density at radius 1 is 1.17 bits per heavy atom. The van der Waals surface area contributed by atoms with Gasteiger partial charge in [0.15, 0.2) is 6.10 Å². The van der Waals surface area contributed by atoms with Gasteiger partial charge in [-0.2, -0.15) is 0 Å². The number of aliphatic hydroxyl groups is 4. The third kappa shape index (κ3) is 4.30. The highest BCUT2D eigenvalue weighted by Crippen LogP contribution is 2.36. The summed E-state index contributed by atoms with van der Waals surface area (Å²) in [6, 6.07) is 6.85. The van der Waals surface area contributed by atoms with Crippen molar-refractivity contribution in [3.05, 3.63) is 35.9 Å². The Balaban J connectivity index is 1.79. The molecule has 2 saturated heterocycles. The predicted octanol–water partition coefficient (Wildman–Crippen LogP) is -2.39. The molecule has 0 unspecified atom stereocenters. The number of thioether (sulfide) groups is 1. The van der Waals surface area contributed by atoms with Crippen LogP contribution in [-0.4, -0.2) is 97.8 Å². The number of rotatable bonds is 5.